The fourth-order valence-electron chi connectivity index (χ4n) is 2.49. The summed E-state index contributed by atoms with van der Waals surface area (Å²) in [4.78, 5) is 16.0. The predicted molar refractivity (Wildman–Crippen MR) is 89.3 cm³/mol. The third-order valence-corrected chi connectivity index (χ3v) is 5.14. The van der Waals surface area contributed by atoms with Crippen molar-refractivity contribution in [3.8, 4) is 6.07 Å². The monoisotopic (exact) mass is 384 g/mol. The molecule has 26 heavy (non-hydrogen) atoms. The van der Waals surface area contributed by atoms with Gasteiger partial charge in [0.05, 0.1) is 24.3 Å². The smallest absolute Gasteiger partial charge is 0.340 e. The van der Waals surface area contributed by atoms with E-state index in [4.69, 9.17) is 9.47 Å². The van der Waals surface area contributed by atoms with E-state index in [0.717, 1.165) is 11.8 Å². The van der Waals surface area contributed by atoms with E-state index in [2.05, 4.69) is 4.98 Å². The van der Waals surface area contributed by atoms with Crippen LogP contribution in [0.1, 0.15) is 28.4 Å². The third-order valence-electron chi connectivity index (χ3n) is 3.99. The predicted octanol–water partition coefficient (Wildman–Crippen LogP) is -0.670. The molecule has 4 N–H and O–H groups in total. The van der Waals surface area contributed by atoms with E-state index in [1.807, 2.05) is 6.07 Å². The molecule has 1 aliphatic heterocycles. The highest BCUT2D eigenvalue weighted by atomic mass is 32.2. The molecule has 10 heteroatoms. The van der Waals surface area contributed by atoms with Gasteiger partial charge in [-0.2, -0.15) is 5.26 Å². The van der Waals surface area contributed by atoms with Gasteiger partial charge in [0.2, 0.25) is 0 Å². The molecule has 0 bridgehead atoms. The minimum absolute atomic E-state index is 0.109. The van der Waals surface area contributed by atoms with Gasteiger partial charge in [-0.15, -0.1) is 0 Å². The normalized spacial score (nSPS) is 28.4. The van der Waals surface area contributed by atoms with Gasteiger partial charge in [0.1, 0.15) is 40.9 Å². The van der Waals surface area contributed by atoms with E-state index in [-0.39, 0.29) is 22.8 Å². The Labute approximate surface area is 154 Å². The van der Waals surface area contributed by atoms with Gasteiger partial charge in [0, 0.05) is 6.20 Å². The van der Waals surface area contributed by atoms with Crippen LogP contribution in [-0.2, 0) is 9.47 Å². The first-order valence-electron chi connectivity index (χ1n) is 7.89. The number of aromatic nitrogens is 1. The lowest BCUT2D eigenvalue weighted by Crippen LogP contribution is -2.57. The van der Waals surface area contributed by atoms with Gasteiger partial charge in [0.15, 0.2) is 0 Å². The molecule has 1 saturated heterocycles. The molecule has 2 rings (SSSR count). The molecule has 0 aliphatic carbocycles. The maximum Gasteiger partial charge on any atom is 0.340 e. The Morgan fingerprint density at radius 2 is 2.08 bits per heavy atom. The molecule has 0 aromatic carbocycles. The second-order valence-electron chi connectivity index (χ2n) is 5.62. The van der Waals surface area contributed by atoms with Gasteiger partial charge >= 0.3 is 5.97 Å². The maximum atomic E-state index is 11.9. The Bertz CT molecular complexity index is 707. The minimum Gasteiger partial charge on any atom is -0.462 e. The molecule has 0 spiro atoms. The van der Waals surface area contributed by atoms with Gasteiger partial charge in [0.25, 0.3) is 0 Å². The molecular weight excluding hydrogens is 364 g/mol. The summed E-state index contributed by atoms with van der Waals surface area (Å²) in [5, 5.41) is 48.6. The zero-order valence-corrected chi connectivity index (χ0v) is 15.0. The molecule has 1 fully saturated rings. The topological polar surface area (TPSA) is 153 Å². The van der Waals surface area contributed by atoms with Crippen molar-refractivity contribution in [3.05, 3.63) is 22.9 Å². The molecule has 9 nitrogen and oxygen atoms in total. The molecule has 1 aromatic heterocycles. The summed E-state index contributed by atoms with van der Waals surface area (Å²) >= 11 is 0.857. The first kappa shape index (κ1) is 20.6. The van der Waals surface area contributed by atoms with Crippen molar-refractivity contribution in [2.75, 3.05) is 13.2 Å². The number of aliphatic hydroxyl groups is 4. The average Bonchev–Trinajstić information content (AvgIpc) is 2.62. The lowest BCUT2D eigenvalue weighted by atomic mass is 10.0. The fraction of sp³-hybridized carbons (Fsp3) is 0.562. The first-order valence-corrected chi connectivity index (χ1v) is 8.77. The summed E-state index contributed by atoms with van der Waals surface area (Å²) in [7, 11) is 0. The Kier molecular flexibility index (Phi) is 6.94. The molecule has 1 aliphatic rings. The van der Waals surface area contributed by atoms with Crippen molar-refractivity contribution in [3.63, 3.8) is 0 Å². The average molecular weight is 384 g/mol. The quantitative estimate of drug-likeness (QED) is 0.481. The van der Waals surface area contributed by atoms with Crippen molar-refractivity contribution in [1.82, 2.24) is 4.98 Å². The number of aliphatic hydroxyl groups excluding tert-OH is 4. The number of hydrogen-bond donors (Lipinski definition) is 4. The summed E-state index contributed by atoms with van der Waals surface area (Å²) in [5.41, 5.74) is -0.440. The van der Waals surface area contributed by atoms with Gasteiger partial charge in [-0.1, -0.05) is 11.8 Å². The van der Waals surface area contributed by atoms with Crippen molar-refractivity contribution in [1.29, 1.82) is 5.26 Å². The largest absolute Gasteiger partial charge is 0.462 e. The standard InChI is InChI=1S/C16H20N2O7S/c1-3-24-15(23)9-5-18-14(8(4-17)7(9)2)26-16-13(22)12(21)11(20)10(6-19)25-16/h5,10-13,16,19-22H,3,6H2,1-2H3/t10-,11+,12+,13-,16+/m1/s1. The number of nitrogens with zero attached hydrogens (tertiary/aromatic N) is 2. The van der Waals surface area contributed by atoms with Gasteiger partial charge in [-0.3, -0.25) is 0 Å². The van der Waals surface area contributed by atoms with Crippen LogP contribution in [0.15, 0.2) is 11.2 Å². The van der Waals surface area contributed by atoms with E-state index in [1.54, 1.807) is 13.8 Å². The third kappa shape index (κ3) is 3.98. The number of carbonyl (C=O) groups is 1. The van der Waals surface area contributed by atoms with E-state index >= 15 is 0 Å². The lowest BCUT2D eigenvalue weighted by Gasteiger charge is -2.39. The van der Waals surface area contributed by atoms with Crippen LogP contribution in [0.2, 0.25) is 0 Å². The van der Waals surface area contributed by atoms with E-state index in [9.17, 15) is 30.5 Å². The first-order chi connectivity index (χ1) is 12.3. The van der Waals surface area contributed by atoms with Crippen molar-refractivity contribution < 1.29 is 34.7 Å². The minimum atomic E-state index is -1.52. The number of ether oxygens (including phenoxy) is 2. The number of thioether (sulfide) groups is 1. The molecule has 5 atom stereocenters. The second-order valence-corrected chi connectivity index (χ2v) is 6.71. The van der Waals surface area contributed by atoms with Crippen molar-refractivity contribution in [2.45, 2.75) is 48.7 Å². The molecule has 0 unspecified atom stereocenters. The number of rotatable bonds is 5. The highest BCUT2D eigenvalue weighted by Gasteiger charge is 2.44. The van der Waals surface area contributed by atoms with Crippen LogP contribution in [-0.4, -0.2) is 74.4 Å². The summed E-state index contributed by atoms with van der Waals surface area (Å²) < 4.78 is 10.3. The van der Waals surface area contributed by atoms with Crippen molar-refractivity contribution in [2.24, 2.45) is 0 Å². The molecular formula is C16H20N2O7S. The molecule has 0 radical (unpaired) electrons. The van der Waals surface area contributed by atoms with Crippen LogP contribution in [0, 0.1) is 18.3 Å². The number of hydrogen-bond acceptors (Lipinski definition) is 10. The number of pyridine rings is 1. The molecule has 0 saturated carbocycles. The summed E-state index contributed by atoms with van der Waals surface area (Å²) in [6.45, 7) is 2.86. The molecule has 2 heterocycles. The van der Waals surface area contributed by atoms with Gasteiger partial charge in [-0.05, 0) is 19.4 Å². The van der Waals surface area contributed by atoms with E-state index in [1.165, 1.54) is 6.20 Å². The van der Waals surface area contributed by atoms with Gasteiger partial charge in [-0.25, -0.2) is 9.78 Å². The maximum absolute atomic E-state index is 11.9. The highest BCUT2D eigenvalue weighted by Crippen LogP contribution is 2.35. The highest BCUT2D eigenvalue weighted by molar-refractivity contribution is 7.99. The van der Waals surface area contributed by atoms with Crippen LogP contribution in [0.4, 0.5) is 0 Å². The van der Waals surface area contributed by atoms with Gasteiger partial charge < -0.3 is 29.9 Å². The van der Waals surface area contributed by atoms with E-state index < -0.39 is 42.4 Å². The molecule has 1 aromatic rings. The van der Waals surface area contributed by atoms with Crippen LogP contribution in [0.25, 0.3) is 0 Å². The Morgan fingerprint density at radius 3 is 2.65 bits per heavy atom. The fourth-order valence-corrected chi connectivity index (χ4v) is 3.64. The zero-order chi connectivity index (χ0) is 19.4. The lowest BCUT2D eigenvalue weighted by molar-refractivity contribution is -0.205. The van der Waals surface area contributed by atoms with E-state index in [0.29, 0.717) is 5.56 Å². The molecule has 142 valence electrons. The Hall–Kier alpha value is -1.74. The molecule has 0 amide bonds. The summed E-state index contributed by atoms with van der Waals surface area (Å²) in [5.74, 6) is -0.599. The zero-order valence-electron chi connectivity index (χ0n) is 14.2. The van der Waals surface area contributed by atoms with Crippen LogP contribution in [0.5, 0.6) is 0 Å². The Balaban J connectivity index is 2.30. The van der Waals surface area contributed by atoms with Crippen LogP contribution < -0.4 is 0 Å². The Morgan fingerprint density at radius 1 is 1.38 bits per heavy atom. The number of carbonyl (C=O) groups excluding carboxylic acids is 1. The number of nitriles is 1. The number of esters is 1. The van der Waals surface area contributed by atoms with Crippen LogP contribution in [0.3, 0.4) is 0 Å². The SMILES string of the molecule is CCOC(=O)c1cnc(S[C@@H]2O[C@H](CO)[C@H](O)[C@H](O)[C@H]2O)c(C#N)c1C. The summed E-state index contributed by atoms with van der Waals surface area (Å²) in [6, 6.07) is 1.96. The second kappa shape index (κ2) is 8.77. The van der Waals surface area contributed by atoms with Crippen LogP contribution >= 0.6 is 11.8 Å². The van der Waals surface area contributed by atoms with Crippen molar-refractivity contribution >= 4 is 17.7 Å². The summed E-state index contributed by atoms with van der Waals surface area (Å²) in [6.07, 6.45) is -4.25.